The lowest BCUT2D eigenvalue weighted by atomic mass is 10.1. The van der Waals surface area contributed by atoms with Gasteiger partial charge in [0.15, 0.2) is 16.8 Å². The minimum Gasteiger partial charge on any atom is -0.334 e. The van der Waals surface area contributed by atoms with Gasteiger partial charge in [0.1, 0.15) is 0 Å². The predicted molar refractivity (Wildman–Crippen MR) is 108 cm³/mol. The van der Waals surface area contributed by atoms with Gasteiger partial charge in [0, 0.05) is 29.6 Å². The van der Waals surface area contributed by atoms with E-state index in [2.05, 4.69) is 68.0 Å². The first-order chi connectivity index (χ1) is 13.6. The third kappa shape index (κ3) is 3.82. The molecule has 28 heavy (non-hydrogen) atoms. The molecular formula is C20H20N6OS. The Morgan fingerprint density at radius 3 is 2.61 bits per heavy atom. The van der Waals surface area contributed by atoms with Crippen LogP contribution < -0.4 is 0 Å². The van der Waals surface area contributed by atoms with E-state index in [4.69, 9.17) is 4.52 Å². The maximum atomic E-state index is 5.39. The molecule has 0 aliphatic carbocycles. The van der Waals surface area contributed by atoms with Crippen LogP contribution in [0.5, 0.6) is 0 Å². The van der Waals surface area contributed by atoms with E-state index in [1.54, 1.807) is 18.0 Å². The lowest BCUT2D eigenvalue weighted by molar-refractivity contribution is 0.425. The third-order valence-electron chi connectivity index (χ3n) is 4.28. The lowest BCUT2D eigenvalue weighted by Crippen LogP contribution is -2.00. The summed E-state index contributed by atoms with van der Waals surface area (Å²) in [6.45, 7) is 6.87. The van der Waals surface area contributed by atoms with E-state index in [1.165, 1.54) is 5.56 Å². The van der Waals surface area contributed by atoms with Crippen LogP contribution in [0.3, 0.4) is 0 Å². The highest BCUT2D eigenvalue weighted by Crippen LogP contribution is 2.26. The molecule has 0 fully saturated rings. The fourth-order valence-corrected chi connectivity index (χ4v) is 3.68. The second-order valence-electron chi connectivity index (χ2n) is 6.41. The van der Waals surface area contributed by atoms with Gasteiger partial charge in [0.25, 0.3) is 5.89 Å². The van der Waals surface area contributed by atoms with Crippen molar-refractivity contribution in [1.82, 2.24) is 29.9 Å². The van der Waals surface area contributed by atoms with Crippen LogP contribution in [0.2, 0.25) is 0 Å². The molecule has 0 N–H and O–H groups in total. The number of aromatic nitrogens is 6. The lowest BCUT2D eigenvalue weighted by Gasteiger charge is -2.06. The second kappa shape index (κ2) is 7.93. The highest BCUT2D eigenvalue weighted by atomic mass is 32.2. The molecule has 0 aliphatic rings. The van der Waals surface area contributed by atoms with Gasteiger partial charge < -0.3 is 9.09 Å². The van der Waals surface area contributed by atoms with E-state index in [0.29, 0.717) is 17.5 Å². The molecule has 8 heteroatoms. The summed E-state index contributed by atoms with van der Waals surface area (Å²) in [6.07, 6.45) is 1.74. The van der Waals surface area contributed by atoms with Crippen LogP contribution in [0, 0.1) is 13.8 Å². The van der Waals surface area contributed by atoms with E-state index in [1.807, 2.05) is 19.1 Å². The van der Waals surface area contributed by atoms with Crippen molar-refractivity contribution < 1.29 is 4.52 Å². The van der Waals surface area contributed by atoms with Crippen molar-refractivity contribution in [3.05, 3.63) is 59.7 Å². The molecule has 0 bridgehead atoms. The van der Waals surface area contributed by atoms with Gasteiger partial charge in [0.05, 0.1) is 5.75 Å². The maximum Gasteiger partial charge on any atom is 0.258 e. The average Bonchev–Trinajstić information content (AvgIpc) is 3.34. The summed E-state index contributed by atoms with van der Waals surface area (Å²) in [5, 5.41) is 13.7. The fraction of sp³-hybridized carbons (Fsp3) is 0.250. The first kappa shape index (κ1) is 18.4. The largest absolute Gasteiger partial charge is 0.334 e. The zero-order chi connectivity index (χ0) is 19.5. The fourth-order valence-electron chi connectivity index (χ4n) is 2.83. The number of hydrogen-bond acceptors (Lipinski definition) is 7. The molecule has 3 aromatic heterocycles. The van der Waals surface area contributed by atoms with Gasteiger partial charge in [-0.15, -0.1) is 10.2 Å². The smallest absolute Gasteiger partial charge is 0.258 e. The topological polar surface area (TPSA) is 82.5 Å². The summed E-state index contributed by atoms with van der Waals surface area (Å²) in [7, 11) is 0. The van der Waals surface area contributed by atoms with Crippen LogP contribution in [0.4, 0.5) is 0 Å². The minimum absolute atomic E-state index is 0.499. The second-order valence-corrected chi connectivity index (χ2v) is 7.35. The molecule has 0 saturated carbocycles. The molecule has 4 aromatic rings. The standard InChI is InChI=1S/C20H20N6OS/c1-4-26-18(15-7-5-13(2)6-8-15)23-24-20(26)28-12-17-22-19(27-25-17)16-9-10-21-14(3)11-16/h5-11H,4,12H2,1-3H3. The Labute approximate surface area is 167 Å². The van der Waals surface area contributed by atoms with Gasteiger partial charge in [0.2, 0.25) is 0 Å². The molecule has 0 amide bonds. The van der Waals surface area contributed by atoms with Gasteiger partial charge in [-0.3, -0.25) is 4.98 Å². The summed E-state index contributed by atoms with van der Waals surface area (Å²) in [4.78, 5) is 8.67. The van der Waals surface area contributed by atoms with Gasteiger partial charge in [-0.25, -0.2) is 0 Å². The molecule has 0 radical (unpaired) electrons. The Kier molecular flexibility index (Phi) is 5.21. The van der Waals surface area contributed by atoms with E-state index in [-0.39, 0.29) is 0 Å². The molecule has 3 heterocycles. The summed E-state index contributed by atoms with van der Waals surface area (Å²) in [5.74, 6) is 2.54. The number of hydrogen-bond donors (Lipinski definition) is 0. The number of pyridine rings is 1. The number of rotatable bonds is 6. The first-order valence-corrected chi connectivity index (χ1v) is 10.0. The van der Waals surface area contributed by atoms with Crippen LogP contribution in [0.15, 0.2) is 52.3 Å². The minimum atomic E-state index is 0.499. The molecule has 1 aromatic carbocycles. The molecule has 142 valence electrons. The Morgan fingerprint density at radius 1 is 1.04 bits per heavy atom. The number of nitrogens with zero attached hydrogens (tertiary/aromatic N) is 6. The van der Waals surface area contributed by atoms with Crippen molar-refractivity contribution in [2.75, 3.05) is 0 Å². The normalized spacial score (nSPS) is 11.1. The summed E-state index contributed by atoms with van der Waals surface area (Å²) < 4.78 is 7.49. The highest BCUT2D eigenvalue weighted by molar-refractivity contribution is 7.98. The summed E-state index contributed by atoms with van der Waals surface area (Å²) in [6, 6.07) is 12.1. The van der Waals surface area contributed by atoms with Crippen molar-refractivity contribution in [2.45, 2.75) is 38.2 Å². The summed E-state index contributed by atoms with van der Waals surface area (Å²) in [5.41, 5.74) is 4.06. The van der Waals surface area contributed by atoms with Gasteiger partial charge in [-0.1, -0.05) is 46.7 Å². The molecular weight excluding hydrogens is 372 g/mol. The molecule has 0 spiro atoms. The Bertz CT molecular complexity index is 1090. The Balaban J connectivity index is 1.50. The zero-order valence-corrected chi connectivity index (χ0v) is 16.8. The highest BCUT2D eigenvalue weighted by Gasteiger charge is 2.15. The van der Waals surface area contributed by atoms with Crippen LogP contribution in [-0.4, -0.2) is 29.9 Å². The van der Waals surface area contributed by atoms with Crippen molar-refractivity contribution in [3.63, 3.8) is 0 Å². The van der Waals surface area contributed by atoms with Crippen LogP contribution in [-0.2, 0) is 12.3 Å². The maximum absolute atomic E-state index is 5.39. The zero-order valence-electron chi connectivity index (χ0n) is 16.0. The van der Waals surface area contributed by atoms with Crippen LogP contribution >= 0.6 is 11.8 Å². The quantitative estimate of drug-likeness (QED) is 0.452. The first-order valence-electron chi connectivity index (χ1n) is 9.02. The third-order valence-corrected chi connectivity index (χ3v) is 5.25. The van der Waals surface area contributed by atoms with Crippen LogP contribution in [0.1, 0.15) is 24.0 Å². The van der Waals surface area contributed by atoms with Gasteiger partial charge >= 0.3 is 0 Å². The summed E-state index contributed by atoms with van der Waals surface area (Å²) >= 11 is 1.55. The molecule has 7 nitrogen and oxygen atoms in total. The van der Waals surface area contributed by atoms with Gasteiger partial charge in [-0.2, -0.15) is 4.98 Å². The molecule has 4 rings (SSSR count). The van der Waals surface area contributed by atoms with E-state index in [9.17, 15) is 0 Å². The Morgan fingerprint density at radius 2 is 1.86 bits per heavy atom. The molecule has 0 aliphatic heterocycles. The predicted octanol–water partition coefficient (Wildman–Crippen LogP) is 4.32. The molecule has 0 saturated heterocycles. The molecule has 0 atom stereocenters. The van der Waals surface area contributed by atoms with E-state index < -0.39 is 0 Å². The van der Waals surface area contributed by atoms with Crippen molar-refractivity contribution in [1.29, 1.82) is 0 Å². The Hall–Kier alpha value is -3.00. The number of thioether (sulfide) groups is 1. The van der Waals surface area contributed by atoms with Crippen molar-refractivity contribution >= 4 is 11.8 Å². The number of benzene rings is 1. The number of aryl methyl sites for hydroxylation is 2. The van der Waals surface area contributed by atoms with Crippen LogP contribution in [0.25, 0.3) is 22.8 Å². The molecule has 0 unspecified atom stereocenters. The monoisotopic (exact) mass is 392 g/mol. The van der Waals surface area contributed by atoms with Gasteiger partial charge in [-0.05, 0) is 32.9 Å². The van der Waals surface area contributed by atoms with E-state index >= 15 is 0 Å². The van der Waals surface area contributed by atoms with Crippen molar-refractivity contribution in [2.24, 2.45) is 0 Å². The average molecular weight is 392 g/mol. The SMILES string of the molecule is CCn1c(SCc2noc(-c3ccnc(C)c3)n2)nnc1-c1ccc(C)cc1. The van der Waals surface area contributed by atoms with Crippen molar-refractivity contribution in [3.8, 4) is 22.8 Å². The van der Waals surface area contributed by atoms with E-state index in [0.717, 1.165) is 34.3 Å².